The van der Waals surface area contributed by atoms with Crippen LogP contribution in [0.2, 0.25) is 0 Å². The van der Waals surface area contributed by atoms with Gasteiger partial charge in [-0.2, -0.15) is 0 Å². The number of nitrogen functional groups attached to an aromatic ring is 2. The minimum atomic E-state index is -0.716. The Balaban J connectivity index is 2.30. The number of hydrogen-bond donors (Lipinski definition) is 2. The average molecular weight is 371 g/mol. The predicted molar refractivity (Wildman–Crippen MR) is 114 cm³/mol. The Labute approximate surface area is 163 Å². The van der Waals surface area contributed by atoms with E-state index >= 15 is 0 Å². The molecule has 0 heterocycles. The maximum Gasteiger partial charge on any atom is 0.251 e. The molecule has 0 radical (unpaired) electrons. The van der Waals surface area contributed by atoms with Crippen LogP contribution in [0.5, 0.6) is 11.5 Å². The number of ether oxygens (including phenoxy) is 2. The molecule has 2 aromatic rings. The van der Waals surface area contributed by atoms with E-state index < -0.39 is 5.79 Å². The molecule has 0 aliphatic carbocycles. The molecule has 0 saturated carbocycles. The molecule has 2 aromatic carbocycles. The van der Waals surface area contributed by atoms with Crippen LogP contribution in [0.1, 0.15) is 65.2 Å². The molecular formula is C23H34N2O2. The van der Waals surface area contributed by atoms with Gasteiger partial charge in [-0.05, 0) is 37.1 Å². The van der Waals surface area contributed by atoms with Gasteiger partial charge >= 0.3 is 0 Å². The fourth-order valence-corrected chi connectivity index (χ4v) is 3.22. The van der Waals surface area contributed by atoms with Crippen LogP contribution in [0.15, 0.2) is 48.5 Å². The average Bonchev–Trinajstić information content (AvgIpc) is 2.62. The molecule has 0 saturated heterocycles. The van der Waals surface area contributed by atoms with Crippen LogP contribution in [0.25, 0.3) is 0 Å². The number of hydrogen-bond acceptors (Lipinski definition) is 4. The van der Waals surface area contributed by atoms with Gasteiger partial charge in [0.25, 0.3) is 5.79 Å². The number of unbranched alkanes of at least 4 members (excludes halogenated alkanes) is 4. The molecule has 148 valence electrons. The summed E-state index contributed by atoms with van der Waals surface area (Å²) in [6.45, 7) is 4.41. The lowest BCUT2D eigenvalue weighted by molar-refractivity contribution is -0.128. The number of anilines is 2. The summed E-state index contributed by atoms with van der Waals surface area (Å²) in [7, 11) is 0. The van der Waals surface area contributed by atoms with E-state index in [-0.39, 0.29) is 0 Å². The van der Waals surface area contributed by atoms with Crippen LogP contribution in [-0.2, 0) is 0 Å². The molecular weight excluding hydrogens is 336 g/mol. The van der Waals surface area contributed by atoms with Crippen LogP contribution in [0.4, 0.5) is 11.4 Å². The van der Waals surface area contributed by atoms with E-state index in [0.29, 0.717) is 11.4 Å². The standard InChI is InChI=1S/C23H34N2O2/c1-3-5-7-15-23(16-8-6-4-2,26-21-13-9-11-19(24)17-21)27-22-14-10-12-20(25)18-22/h9-14,17-18H,3-8,15-16,24-25H2,1-2H3. The second-order valence-electron chi connectivity index (χ2n) is 7.17. The molecule has 4 heteroatoms. The van der Waals surface area contributed by atoms with Gasteiger partial charge in [0.05, 0.1) is 0 Å². The van der Waals surface area contributed by atoms with Crippen LogP contribution in [-0.4, -0.2) is 5.79 Å². The Bertz CT molecular complexity index is 628. The summed E-state index contributed by atoms with van der Waals surface area (Å²) in [6, 6.07) is 15.1. The molecule has 0 spiro atoms. The zero-order valence-corrected chi connectivity index (χ0v) is 16.7. The highest BCUT2D eigenvalue weighted by Crippen LogP contribution is 2.33. The lowest BCUT2D eigenvalue weighted by Gasteiger charge is -2.35. The SMILES string of the molecule is CCCCCC(CCCCC)(Oc1cccc(N)c1)Oc1cccc(N)c1. The number of benzene rings is 2. The van der Waals surface area contributed by atoms with Gasteiger partial charge in [-0.25, -0.2) is 0 Å². The fraction of sp³-hybridized carbons (Fsp3) is 0.478. The van der Waals surface area contributed by atoms with Crippen molar-refractivity contribution in [2.45, 2.75) is 71.0 Å². The van der Waals surface area contributed by atoms with E-state index in [4.69, 9.17) is 20.9 Å². The first-order valence-corrected chi connectivity index (χ1v) is 10.2. The molecule has 27 heavy (non-hydrogen) atoms. The third-order valence-electron chi connectivity index (χ3n) is 4.65. The first-order chi connectivity index (χ1) is 13.1. The van der Waals surface area contributed by atoms with Gasteiger partial charge in [-0.15, -0.1) is 0 Å². The van der Waals surface area contributed by atoms with E-state index in [2.05, 4.69) is 13.8 Å². The van der Waals surface area contributed by atoms with Gasteiger partial charge in [-0.1, -0.05) is 51.7 Å². The summed E-state index contributed by atoms with van der Waals surface area (Å²) in [5.74, 6) is 0.769. The van der Waals surface area contributed by atoms with E-state index in [9.17, 15) is 0 Å². The van der Waals surface area contributed by atoms with Gasteiger partial charge in [0.1, 0.15) is 11.5 Å². The van der Waals surface area contributed by atoms with Gasteiger partial charge in [0.2, 0.25) is 0 Å². The summed E-state index contributed by atoms with van der Waals surface area (Å²) in [6.07, 6.45) is 8.36. The minimum Gasteiger partial charge on any atom is -0.452 e. The molecule has 0 fully saturated rings. The zero-order valence-electron chi connectivity index (χ0n) is 16.7. The minimum absolute atomic E-state index is 0.687. The molecule has 0 aliphatic heterocycles. The molecule has 0 aromatic heterocycles. The van der Waals surface area contributed by atoms with Crippen LogP contribution >= 0.6 is 0 Å². The van der Waals surface area contributed by atoms with Crippen molar-refractivity contribution >= 4 is 11.4 Å². The van der Waals surface area contributed by atoms with Crippen LogP contribution < -0.4 is 20.9 Å². The van der Waals surface area contributed by atoms with Gasteiger partial charge in [-0.3, -0.25) is 0 Å². The molecule has 0 atom stereocenters. The van der Waals surface area contributed by atoms with Crippen molar-refractivity contribution in [3.05, 3.63) is 48.5 Å². The monoisotopic (exact) mass is 370 g/mol. The largest absolute Gasteiger partial charge is 0.452 e. The Morgan fingerprint density at radius 3 is 1.52 bits per heavy atom. The van der Waals surface area contributed by atoms with Crippen molar-refractivity contribution in [2.75, 3.05) is 11.5 Å². The Morgan fingerprint density at radius 2 is 1.15 bits per heavy atom. The molecule has 0 unspecified atom stereocenters. The Hall–Kier alpha value is -2.36. The van der Waals surface area contributed by atoms with E-state index in [0.717, 1.165) is 62.9 Å². The van der Waals surface area contributed by atoms with E-state index in [1.165, 1.54) is 0 Å². The Kier molecular flexibility index (Phi) is 8.31. The maximum atomic E-state index is 6.48. The first-order valence-electron chi connectivity index (χ1n) is 10.2. The van der Waals surface area contributed by atoms with Crippen LogP contribution in [0, 0.1) is 0 Å². The van der Waals surface area contributed by atoms with Crippen molar-refractivity contribution in [1.29, 1.82) is 0 Å². The second-order valence-corrected chi connectivity index (χ2v) is 7.17. The van der Waals surface area contributed by atoms with Gasteiger partial charge in [0, 0.05) is 36.3 Å². The molecule has 0 amide bonds. The number of nitrogens with two attached hydrogens (primary N) is 2. The lowest BCUT2D eigenvalue weighted by Crippen LogP contribution is -2.42. The summed E-state index contributed by atoms with van der Waals surface area (Å²) >= 11 is 0. The molecule has 2 rings (SSSR count). The van der Waals surface area contributed by atoms with Crippen molar-refractivity contribution in [3.8, 4) is 11.5 Å². The smallest absolute Gasteiger partial charge is 0.251 e. The highest BCUT2D eigenvalue weighted by Gasteiger charge is 2.34. The normalized spacial score (nSPS) is 11.3. The highest BCUT2D eigenvalue weighted by atomic mass is 16.7. The molecule has 0 aliphatic rings. The quantitative estimate of drug-likeness (QED) is 0.266. The highest BCUT2D eigenvalue weighted by molar-refractivity contribution is 5.45. The van der Waals surface area contributed by atoms with Crippen molar-refractivity contribution in [2.24, 2.45) is 0 Å². The summed E-state index contributed by atoms with van der Waals surface area (Å²) in [5.41, 5.74) is 13.3. The van der Waals surface area contributed by atoms with Crippen molar-refractivity contribution in [3.63, 3.8) is 0 Å². The summed E-state index contributed by atoms with van der Waals surface area (Å²) in [4.78, 5) is 0. The summed E-state index contributed by atoms with van der Waals surface area (Å²) in [5, 5.41) is 0. The molecule has 4 N–H and O–H groups in total. The van der Waals surface area contributed by atoms with E-state index in [1.54, 1.807) is 0 Å². The van der Waals surface area contributed by atoms with Gasteiger partial charge < -0.3 is 20.9 Å². The third kappa shape index (κ3) is 7.05. The van der Waals surface area contributed by atoms with Crippen molar-refractivity contribution in [1.82, 2.24) is 0 Å². The number of rotatable bonds is 12. The summed E-state index contributed by atoms with van der Waals surface area (Å²) < 4.78 is 13.0. The van der Waals surface area contributed by atoms with Crippen molar-refractivity contribution < 1.29 is 9.47 Å². The molecule has 0 bridgehead atoms. The second kappa shape index (κ2) is 10.7. The lowest BCUT2D eigenvalue weighted by atomic mass is 10.00. The predicted octanol–water partition coefficient (Wildman–Crippen LogP) is 6.17. The van der Waals surface area contributed by atoms with Gasteiger partial charge in [0.15, 0.2) is 0 Å². The Morgan fingerprint density at radius 1 is 0.704 bits per heavy atom. The fourth-order valence-electron chi connectivity index (χ4n) is 3.22. The first kappa shape index (κ1) is 20.9. The maximum absolute atomic E-state index is 6.48. The van der Waals surface area contributed by atoms with E-state index in [1.807, 2.05) is 48.5 Å². The van der Waals surface area contributed by atoms with Crippen LogP contribution in [0.3, 0.4) is 0 Å². The third-order valence-corrected chi connectivity index (χ3v) is 4.65. The zero-order chi connectivity index (χ0) is 19.5. The topological polar surface area (TPSA) is 70.5 Å². The molecule has 4 nitrogen and oxygen atoms in total.